The number of hydrogen-bond donors (Lipinski definition) is 0. The lowest BCUT2D eigenvalue weighted by molar-refractivity contribution is 0.0132. The summed E-state index contributed by atoms with van der Waals surface area (Å²) in [5, 5.41) is 4.80. The fraction of sp³-hybridized carbons (Fsp3) is 0.333. The monoisotopic (exact) mass is 660 g/mol. The van der Waals surface area contributed by atoms with Gasteiger partial charge < -0.3 is 13.6 Å². The standard InChI is InChI=1S/C42H52O3Si2/c1-8-9-14-23-34-32-43-39(33-44-46(41(2,3)4,35-24-15-10-16-25-35)36-26-17-11-18-27-36)40(34)45-47(42(5,6)7,37-28-19-12-20-29-37)38-30-21-13-22-31-38/h8-31,34,39-40H,32-33H2,1-7H3/b9-8+,23-14+/t34-,39-,40+/m0/s1. The highest BCUT2D eigenvalue weighted by Crippen LogP contribution is 2.42. The Morgan fingerprint density at radius 1 is 0.617 bits per heavy atom. The van der Waals surface area contributed by atoms with E-state index in [1.807, 2.05) is 6.92 Å². The Balaban J connectivity index is 1.62. The number of allylic oxidation sites excluding steroid dienone is 3. The first-order valence-corrected chi connectivity index (χ1v) is 20.8. The molecular weight excluding hydrogens is 609 g/mol. The first-order valence-electron chi connectivity index (χ1n) is 17.0. The van der Waals surface area contributed by atoms with Crippen LogP contribution >= 0.6 is 0 Å². The quantitative estimate of drug-likeness (QED) is 0.122. The Morgan fingerprint density at radius 3 is 1.40 bits per heavy atom. The van der Waals surface area contributed by atoms with Gasteiger partial charge in [0, 0.05) is 5.92 Å². The van der Waals surface area contributed by atoms with Gasteiger partial charge in [-0.3, -0.25) is 0 Å². The molecule has 1 heterocycles. The van der Waals surface area contributed by atoms with Crippen molar-refractivity contribution in [3.05, 3.63) is 146 Å². The molecule has 47 heavy (non-hydrogen) atoms. The summed E-state index contributed by atoms with van der Waals surface area (Å²) >= 11 is 0. The molecule has 5 heteroatoms. The molecule has 0 radical (unpaired) electrons. The van der Waals surface area contributed by atoms with Gasteiger partial charge in [-0.25, -0.2) is 0 Å². The van der Waals surface area contributed by atoms with Crippen LogP contribution in [0, 0.1) is 5.92 Å². The van der Waals surface area contributed by atoms with Gasteiger partial charge in [-0.15, -0.1) is 0 Å². The summed E-state index contributed by atoms with van der Waals surface area (Å²) in [6, 6.07) is 43.5. The SMILES string of the molecule is C/C=C/C=C/[C@H]1CO[C@@H](CO[Si](c2ccccc2)(c2ccccc2)C(C)(C)C)[C@@H]1O[Si](c1ccccc1)(c1ccccc1)C(C)(C)C. The minimum absolute atomic E-state index is 0.0839. The van der Waals surface area contributed by atoms with Crippen LogP contribution in [0.1, 0.15) is 48.5 Å². The summed E-state index contributed by atoms with van der Waals surface area (Å²) in [5.41, 5.74) is 0. The van der Waals surface area contributed by atoms with Crippen LogP contribution in [0.3, 0.4) is 0 Å². The van der Waals surface area contributed by atoms with Crippen LogP contribution in [0.15, 0.2) is 146 Å². The molecule has 5 rings (SSSR count). The maximum absolute atomic E-state index is 7.83. The van der Waals surface area contributed by atoms with Gasteiger partial charge in [0.2, 0.25) is 0 Å². The third-order valence-corrected chi connectivity index (χ3v) is 19.6. The van der Waals surface area contributed by atoms with E-state index in [-0.39, 0.29) is 28.2 Å². The molecule has 1 saturated heterocycles. The molecule has 1 fully saturated rings. The first kappa shape index (κ1) is 35.0. The van der Waals surface area contributed by atoms with E-state index >= 15 is 0 Å². The number of rotatable bonds is 11. The molecule has 0 N–H and O–H groups in total. The zero-order valence-corrected chi connectivity index (χ0v) is 31.2. The van der Waals surface area contributed by atoms with Crippen LogP contribution in [0.25, 0.3) is 0 Å². The molecule has 4 aromatic carbocycles. The molecule has 0 amide bonds. The van der Waals surface area contributed by atoms with Crippen molar-refractivity contribution in [1.82, 2.24) is 0 Å². The fourth-order valence-electron chi connectivity index (χ4n) is 7.35. The lowest BCUT2D eigenvalue weighted by Crippen LogP contribution is -2.69. The molecule has 0 spiro atoms. The summed E-state index contributed by atoms with van der Waals surface area (Å²) in [6.45, 7) is 17.1. The van der Waals surface area contributed by atoms with Crippen molar-refractivity contribution in [2.75, 3.05) is 13.2 Å². The smallest absolute Gasteiger partial charge is 0.261 e. The molecule has 0 saturated carbocycles. The highest BCUT2D eigenvalue weighted by Gasteiger charge is 2.55. The molecule has 3 nitrogen and oxygen atoms in total. The van der Waals surface area contributed by atoms with Crippen molar-refractivity contribution >= 4 is 37.4 Å². The highest BCUT2D eigenvalue weighted by molar-refractivity contribution is 7.00. The topological polar surface area (TPSA) is 27.7 Å². The highest BCUT2D eigenvalue weighted by atomic mass is 28.4. The van der Waals surface area contributed by atoms with E-state index in [1.165, 1.54) is 20.7 Å². The van der Waals surface area contributed by atoms with E-state index in [9.17, 15) is 0 Å². The van der Waals surface area contributed by atoms with Crippen LogP contribution in [-0.4, -0.2) is 42.1 Å². The average Bonchev–Trinajstić information content (AvgIpc) is 3.45. The van der Waals surface area contributed by atoms with Crippen LogP contribution in [-0.2, 0) is 13.6 Å². The zero-order chi connectivity index (χ0) is 33.5. The maximum Gasteiger partial charge on any atom is 0.261 e. The number of hydrogen-bond acceptors (Lipinski definition) is 3. The lowest BCUT2D eigenvalue weighted by atomic mass is 10.0. The van der Waals surface area contributed by atoms with Gasteiger partial charge in [0.25, 0.3) is 16.6 Å². The second-order valence-electron chi connectivity index (χ2n) is 14.7. The van der Waals surface area contributed by atoms with Gasteiger partial charge in [-0.05, 0) is 37.7 Å². The van der Waals surface area contributed by atoms with E-state index in [1.54, 1.807) is 0 Å². The molecule has 3 atom stereocenters. The Bertz CT molecular complexity index is 1510. The van der Waals surface area contributed by atoms with Gasteiger partial charge in [0.15, 0.2) is 0 Å². The van der Waals surface area contributed by atoms with Gasteiger partial charge in [0.05, 0.1) is 19.3 Å². The molecule has 0 unspecified atom stereocenters. The largest absolute Gasteiger partial charge is 0.405 e. The molecule has 0 bridgehead atoms. The van der Waals surface area contributed by atoms with Crippen molar-refractivity contribution in [1.29, 1.82) is 0 Å². The van der Waals surface area contributed by atoms with E-state index in [4.69, 9.17) is 13.6 Å². The van der Waals surface area contributed by atoms with Crippen LogP contribution < -0.4 is 20.7 Å². The Kier molecular flexibility index (Phi) is 11.0. The number of benzene rings is 4. The van der Waals surface area contributed by atoms with Gasteiger partial charge >= 0.3 is 0 Å². The van der Waals surface area contributed by atoms with Crippen LogP contribution in [0.5, 0.6) is 0 Å². The molecule has 1 aliphatic heterocycles. The van der Waals surface area contributed by atoms with Crippen LogP contribution in [0.4, 0.5) is 0 Å². The summed E-state index contributed by atoms with van der Waals surface area (Å²) in [4.78, 5) is 0. The van der Waals surface area contributed by atoms with Crippen molar-refractivity contribution in [3.8, 4) is 0 Å². The summed E-state index contributed by atoms with van der Waals surface area (Å²) < 4.78 is 22.0. The minimum Gasteiger partial charge on any atom is -0.405 e. The summed E-state index contributed by atoms with van der Waals surface area (Å²) in [7, 11) is -5.64. The van der Waals surface area contributed by atoms with Gasteiger partial charge in [0.1, 0.15) is 6.10 Å². The molecule has 246 valence electrons. The third-order valence-electron chi connectivity index (χ3n) is 9.56. The van der Waals surface area contributed by atoms with Crippen molar-refractivity contribution in [2.24, 2.45) is 5.92 Å². The van der Waals surface area contributed by atoms with E-state index in [0.29, 0.717) is 13.2 Å². The second kappa shape index (κ2) is 14.8. The third kappa shape index (κ3) is 7.11. The Hall–Kier alpha value is -3.33. The summed E-state index contributed by atoms with van der Waals surface area (Å²) in [5.74, 6) is 0.0839. The van der Waals surface area contributed by atoms with Crippen molar-refractivity contribution < 1.29 is 13.6 Å². The normalized spacial score (nSPS) is 19.5. The fourth-order valence-corrected chi connectivity index (χ4v) is 16.7. The van der Waals surface area contributed by atoms with Crippen LogP contribution in [0.2, 0.25) is 10.1 Å². The molecule has 0 aliphatic carbocycles. The number of ether oxygens (including phenoxy) is 1. The molecular formula is C42H52O3Si2. The van der Waals surface area contributed by atoms with E-state index < -0.39 is 16.6 Å². The summed E-state index contributed by atoms with van der Waals surface area (Å²) in [6.07, 6.45) is 8.13. The van der Waals surface area contributed by atoms with E-state index in [0.717, 1.165) is 0 Å². The Labute approximate surface area is 285 Å². The average molecular weight is 661 g/mol. The molecule has 0 aromatic heterocycles. The maximum atomic E-state index is 7.83. The molecule has 1 aliphatic rings. The zero-order valence-electron chi connectivity index (χ0n) is 29.2. The minimum atomic E-state index is -2.86. The van der Waals surface area contributed by atoms with Gasteiger partial charge in [-0.1, -0.05) is 187 Å². The predicted octanol–water partition coefficient (Wildman–Crippen LogP) is 7.66. The first-order chi connectivity index (χ1) is 22.5. The predicted molar refractivity (Wildman–Crippen MR) is 203 cm³/mol. The molecule has 4 aromatic rings. The second-order valence-corrected chi connectivity index (χ2v) is 23.2. The van der Waals surface area contributed by atoms with E-state index in [2.05, 4.69) is 187 Å². The Morgan fingerprint density at radius 2 is 1.02 bits per heavy atom. The lowest BCUT2D eigenvalue weighted by Gasteiger charge is -2.47. The van der Waals surface area contributed by atoms with Crippen molar-refractivity contribution in [3.63, 3.8) is 0 Å². The van der Waals surface area contributed by atoms with Crippen molar-refractivity contribution in [2.45, 2.75) is 70.8 Å². The van der Waals surface area contributed by atoms with Gasteiger partial charge in [-0.2, -0.15) is 0 Å².